The molecule has 0 amide bonds. The molecular weight excluding hydrogens is 212 g/mol. The highest BCUT2D eigenvalue weighted by atomic mass is 19.2. The Hall–Kier alpha value is -1.29. The quantitative estimate of drug-likeness (QED) is 0.838. The van der Waals surface area contributed by atoms with E-state index >= 15 is 0 Å². The van der Waals surface area contributed by atoms with Crippen LogP contribution in [0.1, 0.15) is 25.3 Å². The van der Waals surface area contributed by atoms with Crippen LogP contribution in [0.3, 0.4) is 0 Å². The van der Waals surface area contributed by atoms with Crippen LogP contribution in [0.2, 0.25) is 0 Å². The Balaban J connectivity index is 2.66. The Morgan fingerprint density at radius 2 is 2.12 bits per heavy atom. The van der Waals surface area contributed by atoms with Crippen molar-refractivity contribution in [3.63, 3.8) is 0 Å². The number of Topliss-reactive ketones (excluding diaryl/α,β-unsaturated/α-hetero) is 1. The summed E-state index contributed by atoms with van der Waals surface area (Å²) in [5.41, 5.74) is 5.70. The number of hydrogen-bond acceptors (Lipinski definition) is 2. The molecule has 0 aliphatic rings. The van der Waals surface area contributed by atoms with Gasteiger partial charge in [-0.1, -0.05) is 19.1 Å². The zero-order valence-corrected chi connectivity index (χ0v) is 9.17. The van der Waals surface area contributed by atoms with Gasteiger partial charge in [-0.2, -0.15) is 0 Å². The smallest absolute Gasteiger partial charge is 0.162 e. The maximum absolute atomic E-state index is 13.2. The van der Waals surface area contributed by atoms with Gasteiger partial charge in [-0.05, 0) is 18.1 Å². The molecule has 1 rings (SSSR count). The molecular formula is C12H15F2NO. The molecule has 0 aliphatic carbocycles. The minimum absolute atomic E-state index is 0.0910. The third-order valence-corrected chi connectivity index (χ3v) is 2.43. The number of ketones is 1. The predicted octanol–water partition coefficient (Wildman–Crippen LogP) is 2.20. The van der Waals surface area contributed by atoms with Gasteiger partial charge in [0.1, 0.15) is 5.78 Å². The average Bonchev–Trinajstić information content (AvgIpc) is 2.24. The first-order valence-electron chi connectivity index (χ1n) is 5.24. The van der Waals surface area contributed by atoms with Crippen LogP contribution in [0.25, 0.3) is 0 Å². The Labute approximate surface area is 93.5 Å². The van der Waals surface area contributed by atoms with Crippen LogP contribution in [-0.2, 0) is 11.2 Å². The van der Waals surface area contributed by atoms with Crippen molar-refractivity contribution in [2.24, 2.45) is 5.73 Å². The molecule has 0 bridgehead atoms. The number of carbonyl (C=O) groups excluding carboxylic acids is 1. The molecule has 0 saturated heterocycles. The SMILES string of the molecule is CCC(N)CC(=O)Cc1cccc(F)c1F. The lowest BCUT2D eigenvalue weighted by atomic mass is 10.0. The summed E-state index contributed by atoms with van der Waals surface area (Å²) in [5, 5.41) is 0. The fourth-order valence-electron chi connectivity index (χ4n) is 1.41. The third kappa shape index (κ3) is 3.38. The molecule has 0 radical (unpaired) electrons. The molecule has 1 aromatic rings. The van der Waals surface area contributed by atoms with Gasteiger partial charge in [0.2, 0.25) is 0 Å². The summed E-state index contributed by atoms with van der Waals surface area (Å²) in [6, 6.07) is 3.62. The molecule has 0 spiro atoms. The van der Waals surface area contributed by atoms with E-state index in [4.69, 9.17) is 5.73 Å². The maximum Gasteiger partial charge on any atom is 0.162 e. The molecule has 0 saturated carbocycles. The van der Waals surface area contributed by atoms with Crippen molar-refractivity contribution in [3.05, 3.63) is 35.4 Å². The monoisotopic (exact) mass is 227 g/mol. The Morgan fingerprint density at radius 1 is 1.44 bits per heavy atom. The van der Waals surface area contributed by atoms with Crippen molar-refractivity contribution < 1.29 is 13.6 Å². The van der Waals surface area contributed by atoms with Crippen LogP contribution in [0, 0.1) is 11.6 Å². The Kier molecular flexibility index (Phi) is 4.55. The highest BCUT2D eigenvalue weighted by molar-refractivity contribution is 5.81. The van der Waals surface area contributed by atoms with Gasteiger partial charge >= 0.3 is 0 Å². The number of rotatable bonds is 5. The number of carbonyl (C=O) groups is 1. The summed E-state index contributed by atoms with van der Waals surface area (Å²) in [6.45, 7) is 1.88. The lowest BCUT2D eigenvalue weighted by Crippen LogP contribution is -2.23. The van der Waals surface area contributed by atoms with E-state index in [9.17, 15) is 13.6 Å². The highest BCUT2D eigenvalue weighted by Crippen LogP contribution is 2.13. The molecule has 88 valence electrons. The molecule has 1 aromatic carbocycles. The summed E-state index contributed by atoms with van der Waals surface area (Å²) in [5.74, 6) is -2.04. The van der Waals surface area contributed by atoms with Crippen molar-refractivity contribution in [1.29, 1.82) is 0 Å². The highest BCUT2D eigenvalue weighted by Gasteiger charge is 2.13. The van der Waals surface area contributed by atoms with Crippen molar-refractivity contribution in [3.8, 4) is 0 Å². The minimum atomic E-state index is -0.944. The largest absolute Gasteiger partial charge is 0.327 e. The van der Waals surface area contributed by atoms with Gasteiger partial charge in [-0.3, -0.25) is 4.79 Å². The molecule has 16 heavy (non-hydrogen) atoms. The van der Waals surface area contributed by atoms with Gasteiger partial charge in [0.25, 0.3) is 0 Å². The van der Waals surface area contributed by atoms with E-state index < -0.39 is 11.6 Å². The molecule has 0 fully saturated rings. The van der Waals surface area contributed by atoms with Gasteiger partial charge in [0.15, 0.2) is 11.6 Å². The lowest BCUT2D eigenvalue weighted by molar-refractivity contribution is -0.118. The van der Waals surface area contributed by atoms with Crippen LogP contribution in [0.5, 0.6) is 0 Å². The molecule has 4 heteroatoms. The van der Waals surface area contributed by atoms with Crippen LogP contribution in [-0.4, -0.2) is 11.8 Å². The van der Waals surface area contributed by atoms with Gasteiger partial charge in [0.05, 0.1) is 0 Å². The zero-order chi connectivity index (χ0) is 12.1. The molecule has 0 aliphatic heterocycles. The molecule has 2 nitrogen and oxygen atoms in total. The van der Waals surface area contributed by atoms with Crippen molar-refractivity contribution in [2.45, 2.75) is 32.2 Å². The molecule has 1 unspecified atom stereocenters. The van der Waals surface area contributed by atoms with Crippen LogP contribution >= 0.6 is 0 Å². The number of halogens is 2. The number of nitrogens with two attached hydrogens (primary N) is 1. The van der Waals surface area contributed by atoms with Crippen molar-refractivity contribution in [2.75, 3.05) is 0 Å². The normalized spacial score (nSPS) is 12.5. The third-order valence-electron chi connectivity index (χ3n) is 2.43. The second kappa shape index (κ2) is 5.70. The summed E-state index contributed by atoms with van der Waals surface area (Å²) in [4.78, 5) is 11.5. The van der Waals surface area contributed by atoms with Gasteiger partial charge in [-0.25, -0.2) is 8.78 Å². The van der Waals surface area contributed by atoms with E-state index in [0.29, 0.717) is 6.42 Å². The molecule has 0 heterocycles. The van der Waals surface area contributed by atoms with Crippen molar-refractivity contribution >= 4 is 5.78 Å². The number of benzene rings is 1. The first-order valence-corrected chi connectivity index (χ1v) is 5.24. The standard InChI is InChI=1S/C12H15F2NO/c1-2-9(15)7-10(16)6-8-4-3-5-11(13)12(8)14/h3-5,9H,2,6-7,15H2,1H3. The molecule has 1 atom stereocenters. The molecule has 2 N–H and O–H groups in total. The fraction of sp³-hybridized carbons (Fsp3) is 0.417. The van der Waals surface area contributed by atoms with Crippen LogP contribution in [0.4, 0.5) is 8.78 Å². The summed E-state index contributed by atoms with van der Waals surface area (Å²) in [7, 11) is 0. The number of hydrogen-bond donors (Lipinski definition) is 1. The first-order chi connectivity index (χ1) is 7.54. The van der Waals surface area contributed by atoms with Gasteiger partial charge in [0, 0.05) is 18.9 Å². The first kappa shape index (κ1) is 12.8. The summed E-state index contributed by atoms with van der Waals surface area (Å²) >= 11 is 0. The van der Waals surface area contributed by atoms with E-state index in [-0.39, 0.29) is 30.2 Å². The van der Waals surface area contributed by atoms with E-state index in [1.807, 2.05) is 6.92 Å². The van der Waals surface area contributed by atoms with E-state index in [1.54, 1.807) is 0 Å². The predicted molar refractivity (Wildman–Crippen MR) is 58.0 cm³/mol. The van der Waals surface area contributed by atoms with E-state index in [2.05, 4.69) is 0 Å². The lowest BCUT2D eigenvalue weighted by Gasteiger charge is -2.08. The van der Waals surface area contributed by atoms with Gasteiger partial charge < -0.3 is 5.73 Å². The Bertz CT molecular complexity index is 379. The minimum Gasteiger partial charge on any atom is -0.327 e. The molecule has 0 aromatic heterocycles. The van der Waals surface area contributed by atoms with Gasteiger partial charge in [-0.15, -0.1) is 0 Å². The summed E-state index contributed by atoms with van der Waals surface area (Å²) in [6.07, 6.45) is 0.793. The fourth-order valence-corrected chi connectivity index (χ4v) is 1.41. The van der Waals surface area contributed by atoms with E-state index in [1.165, 1.54) is 12.1 Å². The second-order valence-electron chi connectivity index (χ2n) is 3.80. The second-order valence-corrected chi connectivity index (χ2v) is 3.80. The Morgan fingerprint density at radius 3 is 2.75 bits per heavy atom. The van der Waals surface area contributed by atoms with E-state index in [0.717, 1.165) is 6.07 Å². The summed E-state index contributed by atoms with van der Waals surface area (Å²) < 4.78 is 26.1. The maximum atomic E-state index is 13.2. The van der Waals surface area contributed by atoms with Crippen molar-refractivity contribution in [1.82, 2.24) is 0 Å². The average molecular weight is 227 g/mol. The zero-order valence-electron chi connectivity index (χ0n) is 9.17. The topological polar surface area (TPSA) is 43.1 Å². The van der Waals surface area contributed by atoms with Crippen LogP contribution in [0.15, 0.2) is 18.2 Å². The van der Waals surface area contributed by atoms with Crippen LogP contribution < -0.4 is 5.73 Å².